The smallest absolute Gasteiger partial charge is 0.295 e. The number of hydroxylamine groups is 2. The lowest BCUT2D eigenvalue weighted by Gasteiger charge is -2.17. The first-order valence-electron chi connectivity index (χ1n) is 7.28. The van der Waals surface area contributed by atoms with Crippen LogP contribution >= 0.6 is 0 Å². The molecule has 0 bridgehead atoms. The maximum Gasteiger partial charge on any atom is 0.295 e. The van der Waals surface area contributed by atoms with Crippen molar-refractivity contribution in [3.63, 3.8) is 0 Å². The molecule has 0 saturated carbocycles. The van der Waals surface area contributed by atoms with Crippen molar-refractivity contribution >= 4 is 11.8 Å². The number of hydrogen-bond donors (Lipinski definition) is 0. The molecule has 4 nitrogen and oxygen atoms in total. The predicted octanol–water partition coefficient (Wildman–Crippen LogP) is 3.46. The standard InChI is InChI=1S/C18H17NO3/c1-4-13-8-9-14-15(10-13)18(21)19(17(14)20)22-16-11(2)6-5-7-12(16)3/h5-10H,4H2,1-3H3. The SMILES string of the molecule is CCc1ccc2c(c1)C(=O)N(Oc1c(C)cccc1C)C2=O. The minimum Gasteiger partial charge on any atom is -0.368 e. The van der Waals surface area contributed by atoms with E-state index in [4.69, 9.17) is 4.84 Å². The Kier molecular flexibility index (Phi) is 3.45. The zero-order chi connectivity index (χ0) is 15.9. The minimum absolute atomic E-state index is 0.397. The van der Waals surface area contributed by atoms with E-state index in [9.17, 15) is 9.59 Å². The van der Waals surface area contributed by atoms with Crippen LogP contribution < -0.4 is 4.84 Å². The van der Waals surface area contributed by atoms with Crippen molar-refractivity contribution in [1.82, 2.24) is 5.06 Å². The first-order valence-corrected chi connectivity index (χ1v) is 7.28. The zero-order valence-corrected chi connectivity index (χ0v) is 12.8. The third kappa shape index (κ3) is 2.17. The van der Waals surface area contributed by atoms with Crippen LogP contribution in [0.15, 0.2) is 36.4 Å². The molecule has 2 aromatic carbocycles. The van der Waals surface area contributed by atoms with Crippen molar-refractivity contribution in [3.8, 4) is 5.75 Å². The summed E-state index contributed by atoms with van der Waals surface area (Å²) in [6.07, 6.45) is 0.812. The first-order chi connectivity index (χ1) is 10.5. The van der Waals surface area contributed by atoms with Gasteiger partial charge in [-0.3, -0.25) is 9.59 Å². The summed E-state index contributed by atoms with van der Waals surface area (Å²) < 4.78 is 0. The van der Waals surface area contributed by atoms with E-state index >= 15 is 0 Å². The molecular formula is C18H17NO3. The number of benzene rings is 2. The Balaban J connectivity index is 1.97. The van der Waals surface area contributed by atoms with Crippen LogP contribution in [0.1, 0.15) is 44.3 Å². The van der Waals surface area contributed by atoms with Crippen LogP contribution in [0.3, 0.4) is 0 Å². The lowest BCUT2D eigenvalue weighted by Crippen LogP contribution is -2.33. The molecule has 0 atom stereocenters. The Labute approximate surface area is 129 Å². The van der Waals surface area contributed by atoms with Crippen LogP contribution in [-0.2, 0) is 6.42 Å². The number of rotatable bonds is 3. The minimum atomic E-state index is -0.412. The molecule has 0 radical (unpaired) electrons. The molecule has 1 aliphatic heterocycles. The van der Waals surface area contributed by atoms with Crippen LogP contribution in [0.5, 0.6) is 5.75 Å². The molecule has 0 aliphatic carbocycles. The van der Waals surface area contributed by atoms with Crippen LogP contribution in [-0.4, -0.2) is 16.9 Å². The van der Waals surface area contributed by atoms with Gasteiger partial charge in [-0.25, -0.2) is 0 Å². The molecule has 0 unspecified atom stereocenters. The average Bonchev–Trinajstić information content (AvgIpc) is 2.75. The fraction of sp³-hybridized carbons (Fsp3) is 0.222. The number of hydrogen-bond acceptors (Lipinski definition) is 3. The largest absolute Gasteiger partial charge is 0.368 e. The van der Waals surface area contributed by atoms with Crippen molar-refractivity contribution in [2.24, 2.45) is 0 Å². The van der Waals surface area contributed by atoms with E-state index in [0.29, 0.717) is 16.9 Å². The average molecular weight is 295 g/mol. The Hall–Kier alpha value is -2.62. The second-order valence-corrected chi connectivity index (χ2v) is 5.45. The van der Waals surface area contributed by atoms with E-state index < -0.39 is 11.8 Å². The number of para-hydroxylation sites is 1. The predicted molar refractivity (Wildman–Crippen MR) is 82.9 cm³/mol. The van der Waals surface area contributed by atoms with Gasteiger partial charge in [0, 0.05) is 0 Å². The highest BCUT2D eigenvalue weighted by molar-refractivity contribution is 6.20. The first kappa shape index (κ1) is 14.3. The van der Waals surface area contributed by atoms with E-state index in [1.165, 1.54) is 0 Å². The molecule has 4 heteroatoms. The summed E-state index contributed by atoms with van der Waals surface area (Å²) in [7, 11) is 0. The fourth-order valence-electron chi connectivity index (χ4n) is 2.60. The maximum absolute atomic E-state index is 12.5. The molecule has 3 rings (SSSR count). The third-order valence-corrected chi connectivity index (χ3v) is 3.91. The van der Waals surface area contributed by atoms with Crippen LogP contribution in [0.25, 0.3) is 0 Å². The van der Waals surface area contributed by atoms with Crippen molar-refractivity contribution in [2.75, 3.05) is 0 Å². The molecule has 0 spiro atoms. The zero-order valence-electron chi connectivity index (χ0n) is 12.8. The van der Waals surface area contributed by atoms with Gasteiger partial charge in [0.2, 0.25) is 0 Å². The van der Waals surface area contributed by atoms with E-state index in [1.807, 2.05) is 45.0 Å². The van der Waals surface area contributed by atoms with Crippen molar-refractivity contribution in [2.45, 2.75) is 27.2 Å². The highest BCUT2D eigenvalue weighted by atomic mass is 16.7. The van der Waals surface area contributed by atoms with Gasteiger partial charge in [-0.15, -0.1) is 0 Å². The second kappa shape index (κ2) is 5.30. The van der Waals surface area contributed by atoms with Gasteiger partial charge in [-0.2, -0.15) is 0 Å². The highest BCUT2D eigenvalue weighted by Gasteiger charge is 2.38. The van der Waals surface area contributed by atoms with E-state index in [1.54, 1.807) is 12.1 Å². The van der Waals surface area contributed by atoms with Crippen LogP contribution in [0, 0.1) is 13.8 Å². The maximum atomic E-state index is 12.5. The van der Waals surface area contributed by atoms with Crippen LogP contribution in [0.4, 0.5) is 0 Å². The van der Waals surface area contributed by atoms with Gasteiger partial charge in [-0.05, 0) is 49.1 Å². The van der Waals surface area contributed by atoms with E-state index in [-0.39, 0.29) is 0 Å². The molecule has 2 aromatic rings. The molecule has 1 aliphatic rings. The van der Waals surface area contributed by atoms with Crippen molar-refractivity contribution < 1.29 is 14.4 Å². The Morgan fingerprint density at radius 3 is 2.23 bits per heavy atom. The van der Waals surface area contributed by atoms with Gasteiger partial charge in [0.15, 0.2) is 5.75 Å². The highest BCUT2D eigenvalue weighted by Crippen LogP contribution is 2.29. The number of nitrogens with zero attached hydrogens (tertiary/aromatic N) is 1. The van der Waals surface area contributed by atoms with Crippen LogP contribution in [0.2, 0.25) is 0 Å². The molecule has 0 aromatic heterocycles. The molecule has 1 heterocycles. The van der Waals surface area contributed by atoms with Gasteiger partial charge < -0.3 is 4.84 Å². The van der Waals surface area contributed by atoms with Crippen molar-refractivity contribution in [1.29, 1.82) is 0 Å². The number of imide groups is 1. The lowest BCUT2D eigenvalue weighted by molar-refractivity contribution is -0.0147. The molecule has 0 saturated heterocycles. The monoisotopic (exact) mass is 295 g/mol. The number of carbonyl (C=O) groups is 2. The number of aryl methyl sites for hydroxylation is 3. The molecule has 22 heavy (non-hydrogen) atoms. The lowest BCUT2D eigenvalue weighted by atomic mass is 10.0. The number of carbonyl (C=O) groups excluding carboxylic acids is 2. The number of fused-ring (bicyclic) bond motifs is 1. The summed E-state index contributed by atoms with van der Waals surface area (Å²) in [6.45, 7) is 5.78. The summed E-state index contributed by atoms with van der Waals surface area (Å²) in [5, 5.41) is 0.861. The second-order valence-electron chi connectivity index (χ2n) is 5.45. The third-order valence-electron chi connectivity index (χ3n) is 3.91. The topological polar surface area (TPSA) is 46.6 Å². The van der Waals surface area contributed by atoms with E-state index in [0.717, 1.165) is 28.2 Å². The van der Waals surface area contributed by atoms with Gasteiger partial charge in [0.1, 0.15) is 0 Å². The summed E-state index contributed by atoms with van der Waals surface area (Å²) in [5.74, 6) is -0.268. The van der Waals surface area contributed by atoms with Gasteiger partial charge in [-0.1, -0.05) is 36.3 Å². The Morgan fingerprint density at radius 2 is 1.59 bits per heavy atom. The quantitative estimate of drug-likeness (QED) is 0.815. The summed E-state index contributed by atoms with van der Waals surface area (Å²) in [4.78, 5) is 30.5. The molecule has 2 amide bonds. The summed E-state index contributed by atoms with van der Waals surface area (Å²) >= 11 is 0. The molecule has 0 fully saturated rings. The van der Waals surface area contributed by atoms with Gasteiger partial charge in [0.05, 0.1) is 11.1 Å². The van der Waals surface area contributed by atoms with Gasteiger partial charge >= 0.3 is 0 Å². The normalized spacial score (nSPS) is 13.5. The van der Waals surface area contributed by atoms with Crippen molar-refractivity contribution in [3.05, 3.63) is 64.2 Å². The Morgan fingerprint density at radius 1 is 0.955 bits per heavy atom. The van der Waals surface area contributed by atoms with E-state index in [2.05, 4.69) is 0 Å². The molecule has 112 valence electrons. The Bertz CT molecular complexity index is 760. The summed E-state index contributed by atoms with van der Waals surface area (Å²) in [5.41, 5.74) is 3.59. The van der Waals surface area contributed by atoms with Gasteiger partial charge in [0.25, 0.3) is 11.8 Å². The molecular weight excluding hydrogens is 278 g/mol. The number of amides is 2. The molecule has 0 N–H and O–H groups in total. The fourth-order valence-corrected chi connectivity index (χ4v) is 2.60. The summed E-state index contributed by atoms with van der Waals surface area (Å²) in [6, 6.07) is 11.0.